The summed E-state index contributed by atoms with van der Waals surface area (Å²) < 4.78 is 6.54. The fourth-order valence-electron chi connectivity index (χ4n) is 3.72. The van der Waals surface area contributed by atoms with Crippen LogP contribution in [-0.4, -0.2) is 25.7 Å². The number of phenols is 1. The van der Waals surface area contributed by atoms with E-state index in [1.165, 1.54) is 6.92 Å². The highest BCUT2D eigenvalue weighted by atomic mass is 16.6. The molecule has 7 nitrogen and oxygen atoms in total. The van der Waals surface area contributed by atoms with Gasteiger partial charge in [0.2, 0.25) is 0 Å². The van der Waals surface area contributed by atoms with Crippen LogP contribution in [0.5, 0.6) is 5.75 Å². The molecule has 1 aromatic carbocycles. The molecule has 3 aromatic rings. The zero-order valence-corrected chi connectivity index (χ0v) is 13.8. The number of hydrogen-bond acceptors (Lipinski definition) is 6. The SMILES string of the molecule is C[C@@]1(O)C(=O)OCc2c1cc1n(c2=O)Cc2cc3cc(O)ccc3nc2-1. The van der Waals surface area contributed by atoms with Crippen molar-refractivity contribution in [3.8, 4) is 17.1 Å². The molecule has 2 aliphatic rings. The number of phenolic OH excluding ortho intramolecular Hbond substituents is 1. The Morgan fingerprint density at radius 2 is 2.04 bits per heavy atom. The summed E-state index contributed by atoms with van der Waals surface area (Å²) in [4.78, 5) is 29.5. The molecule has 0 aliphatic carbocycles. The Morgan fingerprint density at radius 1 is 1.23 bits per heavy atom. The third kappa shape index (κ3) is 1.83. The van der Waals surface area contributed by atoms with Crippen molar-refractivity contribution in [3.63, 3.8) is 0 Å². The van der Waals surface area contributed by atoms with Crippen molar-refractivity contribution >= 4 is 16.9 Å². The van der Waals surface area contributed by atoms with E-state index in [9.17, 15) is 19.8 Å². The molecule has 5 rings (SSSR count). The van der Waals surface area contributed by atoms with E-state index in [2.05, 4.69) is 4.98 Å². The normalized spacial score (nSPS) is 20.5. The quantitative estimate of drug-likeness (QED) is 0.465. The molecule has 0 saturated carbocycles. The zero-order valence-electron chi connectivity index (χ0n) is 13.8. The number of pyridine rings is 2. The number of cyclic esters (lactones) is 1. The third-order valence-corrected chi connectivity index (χ3v) is 5.12. The predicted molar refractivity (Wildman–Crippen MR) is 91.6 cm³/mol. The first kappa shape index (κ1) is 15.1. The molecule has 2 N–H and O–H groups in total. The van der Waals surface area contributed by atoms with Crippen LogP contribution in [-0.2, 0) is 28.3 Å². The van der Waals surface area contributed by atoms with E-state index >= 15 is 0 Å². The van der Waals surface area contributed by atoms with E-state index in [0.29, 0.717) is 23.4 Å². The molecule has 7 heteroatoms. The summed E-state index contributed by atoms with van der Waals surface area (Å²) in [5.41, 5.74) is 1.12. The number of hydrogen-bond donors (Lipinski definition) is 2. The maximum Gasteiger partial charge on any atom is 0.342 e. The summed E-state index contributed by atoms with van der Waals surface area (Å²) in [6.07, 6.45) is 0. The highest BCUT2D eigenvalue weighted by Crippen LogP contribution is 2.37. The summed E-state index contributed by atoms with van der Waals surface area (Å²) in [5, 5.41) is 21.0. The average Bonchev–Trinajstić information content (AvgIpc) is 2.95. The van der Waals surface area contributed by atoms with Crippen molar-refractivity contribution in [1.29, 1.82) is 0 Å². The van der Waals surface area contributed by atoms with Crippen molar-refractivity contribution in [2.45, 2.75) is 25.7 Å². The Bertz CT molecular complexity index is 1190. The molecule has 0 saturated heterocycles. The second-order valence-electron chi connectivity index (χ2n) is 6.83. The Kier molecular flexibility index (Phi) is 2.73. The lowest BCUT2D eigenvalue weighted by Crippen LogP contribution is -2.42. The molecule has 0 radical (unpaired) electrons. The standard InChI is InChI=1S/C19H14N2O5/c1-19(25)13-6-15-16-10(4-9-5-11(22)2-3-14(9)20-16)7-21(15)17(23)12(13)8-26-18(19)24/h2-6,22,25H,7-8H2,1H3/t19-/m0/s1. The molecule has 2 aromatic heterocycles. The Labute approximate surface area is 147 Å². The summed E-state index contributed by atoms with van der Waals surface area (Å²) in [5.74, 6) is -0.622. The topological polar surface area (TPSA) is 102 Å². The van der Waals surface area contributed by atoms with Crippen LogP contribution in [0, 0.1) is 0 Å². The lowest BCUT2D eigenvalue weighted by atomic mass is 9.90. The van der Waals surface area contributed by atoms with Crippen LogP contribution in [0.4, 0.5) is 0 Å². The summed E-state index contributed by atoms with van der Waals surface area (Å²) in [6, 6.07) is 8.43. The summed E-state index contributed by atoms with van der Waals surface area (Å²) in [7, 11) is 0. The number of aromatic nitrogens is 2. The molecule has 0 bridgehead atoms. The molecule has 4 heterocycles. The number of esters is 1. The maximum absolute atomic E-state index is 12.9. The third-order valence-electron chi connectivity index (χ3n) is 5.12. The van der Waals surface area contributed by atoms with Crippen molar-refractivity contribution in [3.05, 3.63) is 57.4 Å². The van der Waals surface area contributed by atoms with Gasteiger partial charge in [-0.05, 0) is 37.3 Å². The molecular weight excluding hydrogens is 336 g/mol. The van der Waals surface area contributed by atoms with Crippen molar-refractivity contribution in [2.75, 3.05) is 0 Å². The molecule has 0 amide bonds. The first-order valence-electron chi connectivity index (χ1n) is 8.16. The van der Waals surface area contributed by atoms with Gasteiger partial charge in [0.05, 0.1) is 29.0 Å². The van der Waals surface area contributed by atoms with Crippen LogP contribution >= 0.6 is 0 Å². The van der Waals surface area contributed by atoms with Gasteiger partial charge in [0.1, 0.15) is 12.4 Å². The molecule has 130 valence electrons. The van der Waals surface area contributed by atoms with E-state index < -0.39 is 11.6 Å². The van der Waals surface area contributed by atoms with Crippen LogP contribution in [0.25, 0.3) is 22.3 Å². The van der Waals surface area contributed by atoms with Crippen molar-refractivity contribution in [1.82, 2.24) is 9.55 Å². The van der Waals surface area contributed by atoms with Gasteiger partial charge in [-0.2, -0.15) is 0 Å². The van der Waals surface area contributed by atoms with E-state index in [1.54, 1.807) is 28.8 Å². The monoisotopic (exact) mass is 350 g/mol. The first-order valence-corrected chi connectivity index (χ1v) is 8.16. The molecule has 0 spiro atoms. The minimum atomic E-state index is -1.87. The van der Waals surface area contributed by atoms with E-state index in [4.69, 9.17) is 4.74 Å². The maximum atomic E-state index is 12.9. The van der Waals surface area contributed by atoms with E-state index in [-0.39, 0.29) is 29.0 Å². The fourth-order valence-corrected chi connectivity index (χ4v) is 3.72. The van der Waals surface area contributed by atoms with Gasteiger partial charge in [-0.1, -0.05) is 0 Å². The first-order chi connectivity index (χ1) is 12.4. The van der Waals surface area contributed by atoms with Gasteiger partial charge in [-0.25, -0.2) is 9.78 Å². The number of nitrogens with zero attached hydrogens (tertiary/aromatic N) is 2. The Morgan fingerprint density at radius 3 is 2.85 bits per heavy atom. The fraction of sp³-hybridized carbons (Fsp3) is 0.211. The highest BCUT2D eigenvalue weighted by molar-refractivity contribution is 5.86. The van der Waals surface area contributed by atoms with Gasteiger partial charge in [0.15, 0.2) is 5.60 Å². The van der Waals surface area contributed by atoms with Crippen molar-refractivity contribution < 1.29 is 19.7 Å². The predicted octanol–water partition coefficient (Wildman–Crippen LogP) is 1.40. The van der Waals surface area contributed by atoms with Crippen molar-refractivity contribution in [2.24, 2.45) is 0 Å². The molecule has 1 atom stereocenters. The van der Waals surface area contributed by atoms with Crippen LogP contribution in [0.1, 0.15) is 23.6 Å². The number of aromatic hydroxyl groups is 1. The molecule has 0 fully saturated rings. The number of carbonyl (C=O) groups is 1. The number of fused-ring (bicyclic) bond motifs is 5. The highest BCUT2D eigenvalue weighted by Gasteiger charge is 2.42. The Hall–Kier alpha value is -3.19. The molecule has 0 unspecified atom stereocenters. The second-order valence-corrected chi connectivity index (χ2v) is 6.83. The van der Waals surface area contributed by atoms with Gasteiger partial charge >= 0.3 is 5.97 Å². The number of rotatable bonds is 0. The van der Waals surface area contributed by atoms with Gasteiger partial charge < -0.3 is 19.5 Å². The molecule has 2 aliphatic heterocycles. The summed E-state index contributed by atoms with van der Waals surface area (Å²) >= 11 is 0. The van der Waals surface area contributed by atoms with Gasteiger partial charge in [0.25, 0.3) is 5.56 Å². The smallest absolute Gasteiger partial charge is 0.342 e. The van der Waals surface area contributed by atoms with Crippen LogP contribution in [0.15, 0.2) is 35.1 Å². The lowest BCUT2D eigenvalue weighted by molar-refractivity contribution is -0.169. The number of ether oxygens (including phenoxy) is 1. The van der Waals surface area contributed by atoms with Gasteiger partial charge in [-0.15, -0.1) is 0 Å². The molecule has 26 heavy (non-hydrogen) atoms. The number of aliphatic hydroxyl groups is 1. The summed E-state index contributed by atoms with van der Waals surface area (Å²) in [6.45, 7) is 1.52. The number of benzene rings is 1. The minimum Gasteiger partial charge on any atom is -0.508 e. The Balaban J connectivity index is 1.80. The minimum absolute atomic E-state index is 0.147. The van der Waals surface area contributed by atoms with Gasteiger partial charge in [-0.3, -0.25) is 4.79 Å². The largest absolute Gasteiger partial charge is 0.508 e. The second kappa shape index (κ2) is 4.70. The van der Waals surface area contributed by atoms with Gasteiger partial charge in [0, 0.05) is 16.5 Å². The van der Waals surface area contributed by atoms with Crippen LogP contribution in [0.3, 0.4) is 0 Å². The lowest BCUT2D eigenvalue weighted by Gasteiger charge is -2.29. The van der Waals surface area contributed by atoms with E-state index in [1.807, 2.05) is 6.07 Å². The molecular formula is C19H14N2O5. The zero-order chi connectivity index (χ0) is 18.2. The van der Waals surface area contributed by atoms with E-state index in [0.717, 1.165) is 10.9 Å². The van der Waals surface area contributed by atoms with Crippen LogP contribution < -0.4 is 5.56 Å². The average molecular weight is 350 g/mol. The number of carbonyl (C=O) groups excluding carboxylic acids is 1. The van der Waals surface area contributed by atoms with Crippen LogP contribution in [0.2, 0.25) is 0 Å².